The number of carbonyl (C=O) groups excluding carboxylic acids is 1. The summed E-state index contributed by atoms with van der Waals surface area (Å²) >= 11 is 10.6. The molecule has 2 unspecified atom stereocenters. The third-order valence-electron chi connectivity index (χ3n) is 2.09. The van der Waals surface area contributed by atoms with Crippen LogP contribution in [0.5, 0.6) is 0 Å². The lowest BCUT2D eigenvalue weighted by Crippen LogP contribution is -2.41. The largest absolute Gasteiger partial charge is 0.457 e. The predicted molar refractivity (Wildman–Crippen MR) is 67.5 cm³/mol. The zero-order valence-corrected chi connectivity index (χ0v) is 12.2. The molecule has 0 radical (unpaired) electrons. The van der Waals surface area contributed by atoms with E-state index in [9.17, 15) is 4.79 Å². The van der Waals surface area contributed by atoms with E-state index in [1.165, 1.54) is 6.08 Å². The standard InChI is InChI=1S/C9H11Br3O2/c1-2-8(13)14-9-6(11)3-5(10)4-7(9)12/h2,5-7,9H,1,3-4H2. The lowest BCUT2D eigenvalue weighted by molar-refractivity contribution is -0.143. The predicted octanol–water partition coefficient (Wildman–Crippen LogP) is 3.17. The van der Waals surface area contributed by atoms with Crippen molar-refractivity contribution < 1.29 is 9.53 Å². The fourth-order valence-electron chi connectivity index (χ4n) is 1.41. The molecule has 1 aliphatic carbocycles. The highest BCUT2D eigenvalue weighted by Crippen LogP contribution is 2.35. The number of rotatable bonds is 2. The van der Waals surface area contributed by atoms with Crippen LogP contribution in [0.2, 0.25) is 0 Å². The summed E-state index contributed by atoms with van der Waals surface area (Å²) in [7, 11) is 0. The van der Waals surface area contributed by atoms with Crippen LogP contribution < -0.4 is 0 Å². The van der Waals surface area contributed by atoms with E-state index in [-0.39, 0.29) is 21.7 Å². The van der Waals surface area contributed by atoms with E-state index >= 15 is 0 Å². The fraction of sp³-hybridized carbons (Fsp3) is 0.667. The van der Waals surface area contributed by atoms with Gasteiger partial charge in [0, 0.05) is 10.9 Å². The summed E-state index contributed by atoms with van der Waals surface area (Å²) < 4.78 is 5.24. The van der Waals surface area contributed by atoms with Gasteiger partial charge < -0.3 is 4.74 Å². The molecule has 0 aromatic rings. The first kappa shape index (κ1) is 12.7. The Balaban J connectivity index is 2.58. The van der Waals surface area contributed by atoms with Crippen LogP contribution in [0.4, 0.5) is 0 Å². The monoisotopic (exact) mass is 388 g/mol. The second-order valence-corrected chi connectivity index (χ2v) is 6.85. The topological polar surface area (TPSA) is 26.3 Å². The highest BCUT2D eigenvalue weighted by Gasteiger charge is 2.36. The Kier molecular flexibility index (Phi) is 5.14. The van der Waals surface area contributed by atoms with Crippen molar-refractivity contribution in [2.24, 2.45) is 0 Å². The summed E-state index contributed by atoms with van der Waals surface area (Å²) in [5.74, 6) is -0.364. The Morgan fingerprint density at radius 2 is 1.79 bits per heavy atom. The number of halogens is 3. The Morgan fingerprint density at radius 3 is 2.21 bits per heavy atom. The lowest BCUT2D eigenvalue weighted by atomic mass is 9.97. The van der Waals surface area contributed by atoms with Gasteiger partial charge in [0.1, 0.15) is 6.10 Å². The Bertz CT molecular complexity index is 220. The first-order valence-electron chi connectivity index (χ1n) is 4.30. The summed E-state index contributed by atoms with van der Waals surface area (Å²) in [5, 5.41) is 0. The minimum Gasteiger partial charge on any atom is -0.457 e. The van der Waals surface area contributed by atoms with Gasteiger partial charge >= 0.3 is 5.97 Å². The van der Waals surface area contributed by atoms with Crippen LogP contribution in [0, 0.1) is 0 Å². The number of hydrogen-bond donors (Lipinski definition) is 0. The molecule has 14 heavy (non-hydrogen) atoms. The van der Waals surface area contributed by atoms with Gasteiger partial charge in [0.05, 0.1) is 9.65 Å². The van der Waals surface area contributed by atoms with Crippen LogP contribution in [-0.4, -0.2) is 26.6 Å². The van der Waals surface area contributed by atoms with E-state index in [4.69, 9.17) is 4.74 Å². The van der Waals surface area contributed by atoms with E-state index in [1.807, 2.05) is 0 Å². The first-order chi connectivity index (χ1) is 6.54. The van der Waals surface area contributed by atoms with E-state index in [0.717, 1.165) is 12.8 Å². The molecule has 0 aliphatic heterocycles. The molecule has 0 amide bonds. The zero-order valence-electron chi connectivity index (χ0n) is 7.46. The van der Waals surface area contributed by atoms with E-state index < -0.39 is 0 Å². The molecule has 1 aliphatic rings. The number of carbonyl (C=O) groups is 1. The molecule has 0 spiro atoms. The van der Waals surface area contributed by atoms with Gasteiger partial charge in [-0.25, -0.2) is 4.79 Å². The highest BCUT2D eigenvalue weighted by atomic mass is 79.9. The van der Waals surface area contributed by atoms with Crippen molar-refractivity contribution in [1.82, 2.24) is 0 Å². The smallest absolute Gasteiger partial charge is 0.330 e. The van der Waals surface area contributed by atoms with Gasteiger partial charge in [-0.3, -0.25) is 0 Å². The summed E-state index contributed by atoms with van der Waals surface area (Å²) in [6.45, 7) is 3.38. The third kappa shape index (κ3) is 3.35. The Morgan fingerprint density at radius 1 is 1.29 bits per heavy atom. The number of hydrogen-bond acceptors (Lipinski definition) is 2. The maximum Gasteiger partial charge on any atom is 0.330 e. The molecule has 2 nitrogen and oxygen atoms in total. The third-order valence-corrected chi connectivity index (χ3v) is 4.63. The molecular weight excluding hydrogens is 380 g/mol. The van der Waals surface area contributed by atoms with Crippen LogP contribution >= 0.6 is 47.8 Å². The summed E-state index contributed by atoms with van der Waals surface area (Å²) in [4.78, 5) is 11.9. The Labute approximate surface area is 109 Å². The van der Waals surface area contributed by atoms with Gasteiger partial charge in [-0.15, -0.1) is 0 Å². The zero-order chi connectivity index (χ0) is 10.7. The van der Waals surface area contributed by atoms with Crippen molar-refractivity contribution in [2.45, 2.75) is 33.4 Å². The van der Waals surface area contributed by atoms with Crippen molar-refractivity contribution in [3.05, 3.63) is 12.7 Å². The van der Waals surface area contributed by atoms with Gasteiger partial charge in [0.2, 0.25) is 0 Å². The number of esters is 1. The van der Waals surface area contributed by atoms with Gasteiger partial charge in [-0.2, -0.15) is 0 Å². The highest BCUT2D eigenvalue weighted by molar-refractivity contribution is 9.10. The molecule has 1 fully saturated rings. The van der Waals surface area contributed by atoms with Crippen LogP contribution in [0.3, 0.4) is 0 Å². The van der Waals surface area contributed by atoms with Gasteiger partial charge in [0.15, 0.2) is 0 Å². The van der Waals surface area contributed by atoms with Crippen molar-refractivity contribution in [2.75, 3.05) is 0 Å². The fourth-order valence-corrected chi connectivity index (χ4v) is 5.48. The SMILES string of the molecule is C=CC(=O)OC1C(Br)CC(Br)CC1Br. The maximum absolute atomic E-state index is 11.1. The lowest BCUT2D eigenvalue weighted by Gasteiger charge is -2.33. The van der Waals surface area contributed by atoms with Crippen LogP contribution in [0.15, 0.2) is 12.7 Å². The average molecular weight is 391 g/mol. The van der Waals surface area contributed by atoms with Gasteiger partial charge in [-0.1, -0.05) is 54.4 Å². The van der Waals surface area contributed by atoms with Crippen LogP contribution in [-0.2, 0) is 9.53 Å². The van der Waals surface area contributed by atoms with Crippen LogP contribution in [0.1, 0.15) is 12.8 Å². The second kappa shape index (κ2) is 5.66. The second-order valence-electron chi connectivity index (χ2n) is 3.21. The van der Waals surface area contributed by atoms with Gasteiger partial charge in [0.25, 0.3) is 0 Å². The summed E-state index contributed by atoms with van der Waals surface area (Å²) in [6.07, 6.45) is 2.99. The van der Waals surface area contributed by atoms with Crippen molar-refractivity contribution in [3.8, 4) is 0 Å². The maximum atomic E-state index is 11.1. The normalized spacial score (nSPS) is 37.6. The number of alkyl halides is 3. The molecular formula is C9H11Br3O2. The van der Waals surface area contributed by atoms with Crippen molar-refractivity contribution >= 4 is 53.8 Å². The van der Waals surface area contributed by atoms with Gasteiger partial charge in [-0.05, 0) is 12.8 Å². The molecule has 80 valence electrons. The minimum atomic E-state index is -0.364. The molecule has 0 bridgehead atoms. The molecule has 1 saturated carbocycles. The molecule has 1 rings (SSSR count). The molecule has 0 saturated heterocycles. The molecule has 0 aromatic carbocycles. The van der Waals surface area contributed by atoms with Crippen LogP contribution in [0.25, 0.3) is 0 Å². The van der Waals surface area contributed by atoms with E-state index in [1.54, 1.807) is 0 Å². The number of ether oxygens (including phenoxy) is 1. The van der Waals surface area contributed by atoms with E-state index in [0.29, 0.717) is 4.83 Å². The summed E-state index contributed by atoms with van der Waals surface area (Å²) in [5.41, 5.74) is 0. The first-order valence-corrected chi connectivity index (χ1v) is 7.04. The van der Waals surface area contributed by atoms with E-state index in [2.05, 4.69) is 54.4 Å². The summed E-state index contributed by atoms with van der Waals surface area (Å²) in [6, 6.07) is 0. The van der Waals surface area contributed by atoms with Crippen molar-refractivity contribution in [1.29, 1.82) is 0 Å². The molecule has 0 aromatic heterocycles. The molecule has 5 heteroatoms. The molecule has 2 atom stereocenters. The Hall–Kier alpha value is 0.650. The minimum absolute atomic E-state index is 0.116. The molecule has 0 N–H and O–H groups in total. The molecule has 0 heterocycles. The average Bonchev–Trinajstić information content (AvgIpc) is 2.10. The van der Waals surface area contributed by atoms with Crippen molar-refractivity contribution in [3.63, 3.8) is 0 Å². The quantitative estimate of drug-likeness (QED) is 0.411.